The average molecular weight is 670 g/mol. The molecule has 4 aliphatic rings. The number of fused-ring (bicyclic) bond motifs is 2. The highest BCUT2D eigenvalue weighted by Gasteiger charge is 2.40. The third-order valence-corrected chi connectivity index (χ3v) is 13.0. The number of anilines is 1. The molecule has 3 heterocycles. The molecule has 3 aliphatic heterocycles. The second-order valence-electron chi connectivity index (χ2n) is 14.2. The Morgan fingerprint density at radius 2 is 1.85 bits per heavy atom. The molecular weight excluding hydrogens is 618 g/mol. The van der Waals surface area contributed by atoms with E-state index in [4.69, 9.17) is 21.1 Å². The standard InChI is InChI=1S/C37H52ClN3O4S/c1-4-6-27-19-32(38)11-13-33(27)31-23-41-22-30-9-12-34(30)29(21-40-15-17-44-18-16-40)8-5-7-25(2)26(3)46(43)39-37(42)28-10-14-36(45-24-31)35(41)20-28/h10-11,13-14,19-20,25-26,29-31,34H,4-9,12,15-18,21-24H2,1-3H3,(H,39,42). The van der Waals surface area contributed by atoms with Gasteiger partial charge in [0.1, 0.15) is 16.7 Å². The van der Waals surface area contributed by atoms with E-state index in [2.05, 4.69) is 40.5 Å². The van der Waals surface area contributed by atoms with Crippen molar-refractivity contribution in [1.29, 1.82) is 0 Å². The van der Waals surface area contributed by atoms with Crippen molar-refractivity contribution in [2.45, 2.75) is 76.9 Å². The van der Waals surface area contributed by atoms with E-state index in [1.54, 1.807) is 0 Å². The first-order valence-corrected chi connectivity index (χ1v) is 19.2. The minimum atomic E-state index is -1.46. The first-order chi connectivity index (χ1) is 22.3. The second-order valence-corrected chi connectivity index (χ2v) is 16.2. The van der Waals surface area contributed by atoms with E-state index < -0.39 is 11.0 Å². The Kier molecular flexibility index (Phi) is 11.3. The summed E-state index contributed by atoms with van der Waals surface area (Å²) in [7, 11) is -1.46. The molecule has 0 aromatic heterocycles. The van der Waals surface area contributed by atoms with E-state index in [0.29, 0.717) is 29.9 Å². The van der Waals surface area contributed by atoms with Gasteiger partial charge in [-0.25, -0.2) is 4.21 Å². The van der Waals surface area contributed by atoms with Gasteiger partial charge in [-0.2, -0.15) is 0 Å². The number of amides is 1. The second kappa shape index (κ2) is 15.4. The van der Waals surface area contributed by atoms with Crippen molar-refractivity contribution in [1.82, 2.24) is 9.62 Å². The number of ether oxygens (including phenoxy) is 2. The summed E-state index contributed by atoms with van der Waals surface area (Å²) in [5, 5.41) is 0.652. The number of hydrogen-bond donors (Lipinski definition) is 1. The minimum absolute atomic E-state index is 0.121. The maximum Gasteiger partial charge on any atom is 0.263 e. The molecule has 1 amide bonds. The molecule has 2 aromatic carbocycles. The molecule has 0 spiro atoms. The lowest BCUT2D eigenvalue weighted by atomic mass is 9.65. The van der Waals surface area contributed by atoms with Gasteiger partial charge < -0.3 is 14.4 Å². The lowest BCUT2D eigenvalue weighted by molar-refractivity contribution is 0.00835. The van der Waals surface area contributed by atoms with Crippen LogP contribution in [0.15, 0.2) is 36.4 Å². The summed E-state index contributed by atoms with van der Waals surface area (Å²) in [5.41, 5.74) is 4.09. The predicted octanol–water partition coefficient (Wildman–Crippen LogP) is 6.85. The summed E-state index contributed by atoms with van der Waals surface area (Å²) in [4.78, 5) is 18.6. The molecule has 1 saturated carbocycles. The Labute approximate surface area is 283 Å². The SMILES string of the molecule is CCCc1cc(Cl)ccc1C1COc2ccc3cc2N(C1)CC1CCC1C(CN1CCOCC1)CCCC(C)C(C)S(=O)NC3=O. The zero-order valence-corrected chi connectivity index (χ0v) is 29.4. The number of rotatable bonds is 5. The number of halogens is 1. The maximum atomic E-state index is 13.4. The fourth-order valence-corrected chi connectivity index (χ4v) is 9.37. The van der Waals surface area contributed by atoms with E-state index in [-0.39, 0.29) is 23.0 Å². The summed E-state index contributed by atoms with van der Waals surface area (Å²) in [6.07, 6.45) is 7.86. The number of nitrogens with zero attached hydrogens (tertiary/aromatic N) is 2. The Bertz CT molecular complexity index is 1380. The third kappa shape index (κ3) is 7.77. The van der Waals surface area contributed by atoms with Gasteiger partial charge in [-0.1, -0.05) is 44.4 Å². The largest absolute Gasteiger partial charge is 0.491 e. The predicted molar refractivity (Wildman–Crippen MR) is 187 cm³/mol. The molecule has 46 heavy (non-hydrogen) atoms. The lowest BCUT2D eigenvalue weighted by Gasteiger charge is -2.46. The summed E-state index contributed by atoms with van der Waals surface area (Å²) < 4.78 is 28.4. The molecule has 2 aromatic rings. The number of hydrogen-bond acceptors (Lipinski definition) is 6. The van der Waals surface area contributed by atoms with E-state index in [1.807, 2.05) is 31.2 Å². The quantitative estimate of drug-likeness (QED) is 0.376. The van der Waals surface area contributed by atoms with Crippen LogP contribution in [0.4, 0.5) is 5.69 Å². The molecule has 1 N–H and O–H groups in total. The number of morpholine rings is 1. The minimum Gasteiger partial charge on any atom is -0.491 e. The van der Waals surface area contributed by atoms with Crippen LogP contribution in [0.3, 0.4) is 0 Å². The molecule has 2 fully saturated rings. The van der Waals surface area contributed by atoms with E-state index in [1.165, 1.54) is 30.4 Å². The highest BCUT2D eigenvalue weighted by molar-refractivity contribution is 7.84. The Morgan fingerprint density at radius 1 is 1.02 bits per heavy atom. The van der Waals surface area contributed by atoms with Gasteiger partial charge in [-0.15, -0.1) is 0 Å². The van der Waals surface area contributed by atoms with Gasteiger partial charge in [0, 0.05) is 49.2 Å². The summed E-state index contributed by atoms with van der Waals surface area (Å²) in [6.45, 7) is 13.5. The van der Waals surface area contributed by atoms with Crippen molar-refractivity contribution in [3.05, 3.63) is 58.1 Å². The van der Waals surface area contributed by atoms with Gasteiger partial charge in [0.15, 0.2) is 0 Å². The smallest absolute Gasteiger partial charge is 0.263 e. The van der Waals surface area contributed by atoms with Gasteiger partial charge in [0.25, 0.3) is 5.91 Å². The van der Waals surface area contributed by atoms with Crippen molar-refractivity contribution in [3.8, 4) is 5.75 Å². The van der Waals surface area contributed by atoms with E-state index >= 15 is 0 Å². The van der Waals surface area contributed by atoms with E-state index in [0.717, 1.165) is 88.1 Å². The Hall–Kier alpha value is -2.13. The summed E-state index contributed by atoms with van der Waals surface area (Å²) in [5.74, 6) is 2.85. The van der Waals surface area contributed by atoms with Gasteiger partial charge in [-0.3, -0.25) is 14.4 Å². The number of benzene rings is 2. The fraction of sp³-hybridized carbons (Fsp3) is 0.649. The molecule has 7 atom stereocenters. The van der Waals surface area contributed by atoms with Crippen LogP contribution in [-0.4, -0.2) is 72.8 Å². The first kappa shape index (κ1) is 33.8. The molecule has 9 heteroatoms. The number of nitrogens with one attached hydrogen (secondary N) is 1. The van der Waals surface area contributed by atoms with Crippen molar-refractivity contribution in [2.75, 3.05) is 57.4 Å². The van der Waals surface area contributed by atoms with Crippen molar-refractivity contribution in [2.24, 2.45) is 23.7 Å². The molecule has 6 rings (SSSR count). The summed E-state index contributed by atoms with van der Waals surface area (Å²) >= 11 is 6.46. The van der Waals surface area contributed by atoms with Crippen LogP contribution < -0.4 is 14.4 Å². The molecule has 1 saturated heterocycles. The molecule has 252 valence electrons. The number of aryl methyl sites for hydroxylation is 1. The average Bonchev–Trinajstić information content (AvgIpc) is 3.22. The lowest BCUT2D eigenvalue weighted by Crippen LogP contribution is -2.47. The number of carbonyl (C=O) groups excluding carboxylic acids is 1. The van der Waals surface area contributed by atoms with Crippen LogP contribution in [0.25, 0.3) is 0 Å². The van der Waals surface area contributed by atoms with Crippen LogP contribution in [0, 0.1) is 23.7 Å². The first-order valence-electron chi connectivity index (χ1n) is 17.6. The van der Waals surface area contributed by atoms with Crippen molar-refractivity contribution >= 4 is 34.2 Å². The van der Waals surface area contributed by atoms with Crippen molar-refractivity contribution in [3.63, 3.8) is 0 Å². The van der Waals surface area contributed by atoms with Crippen LogP contribution in [0.5, 0.6) is 5.75 Å². The normalized spacial score (nSPS) is 31.2. The highest BCUT2D eigenvalue weighted by atomic mass is 35.5. The monoisotopic (exact) mass is 669 g/mol. The third-order valence-electron chi connectivity index (χ3n) is 11.2. The molecule has 7 unspecified atom stereocenters. The Morgan fingerprint density at radius 3 is 2.61 bits per heavy atom. The molecule has 1 aliphatic carbocycles. The topological polar surface area (TPSA) is 71.1 Å². The van der Waals surface area contributed by atoms with Gasteiger partial charge in [-0.05, 0) is 104 Å². The summed E-state index contributed by atoms with van der Waals surface area (Å²) in [6, 6.07) is 12.0. The fourth-order valence-electron chi connectivity index (χ4n) is 8.13. The van der Waals surface area contributed by atoms with Gasteiger partial charge >= 0.3 is 0 Å². The van der Waals surface area contributed by atoms with Crippen LogP contribution >= 0.6 is 11.6 Å². The molecule has 2 bridgehead atoms. The Balaban J connectivity index is 1.34. The number of carbonyl (C=O) groups is 1. The van der Waals surface area contributed by atoms with Crippen LogP contribution in [-0.2, 0) is 22.1 Å². The molecular formula is C37H52ClN3O4S. The van der Waals surface area contributed by atoms with Gasteiger partial charge in [0.05, 0.1) is 30.8 Å². The van der Waals surface area contributed by atoms with Crippen LogP contribution in [0.1, 0.15) is 86.7 Å². The zero-order valence-electron chi connectivity index (χ0n) is 27.8. The molecule has 0 radical (unpaired) electrons. The van der Waals surface area contributed by atoms with Crippen LogP contribution in [0.2, 0.25) is 5.02 Å². The highest BCUT2D eigenvalue weighted by Crippen LogP contribution is 2.45. The van der Waals surface area contributed by atoms with Crippen molar-refractivity contribution < 1.29 is 18.5 Å². The van der Waals surface area contributed by atoms with Gasteiger partial charge in [0.2, 0.25) is 0 Å². The zero-order chi connectivity index (χ0) is 32.2. The maximum absolute atomic E-state index is 13.4. The van der Waals surface area contributed by atoms with E-state index in [9.17, 15) is 9.00 Å². The molecule has 7 nitrogen and oxygen atoms in total.